The van der Waals surface area contributed by atoms with E-state index in [4.69, 9.17) is 0 Å². The molecule has 2 fully saturated rings. The summed E-state index contributed by atoms with van der Waals surface area (Å²) in [6, 6.07) is 13.3. The second-order valence-electron chi connectivity index (χ2n) is 10.3. The van der Waals surface area contributed by atoms with Crippen LogP contribution >= 0.6 is 0 Å². The van der Waals surface area contributed by atoms with Crippen molar-refractivity contribution in [3.8, 4) is 11.1 Å². The largest absolute Gasteiger partial charge is 0.481 e. The molecule has 1 atom stereocenters. The highest BCUT2D eigenvalue weighted by molar-refractivity contribution is 6.03. The van der Waals surface area contributed by atoms with E-state index in [9.17, 15) is 27.9 Å². The molecule has 3 heterocycles. The Morgan fingerprint density at radius 2 is 1.70 bits per heavy atom. The highest BCUT2D eigenvalue weighted by Crippen LogP contribution is 2.34. The van der Waals surface area contributed by atoms with Gasteiger partial charge in [-0.05, 0) is 67.1 Å². The van der Waals surface area contributed by atoms with Crippen molar-refractivity contribution in [3.05, 3.63) is 72.2 Å². The SMILES string of the molecule is O=C(Nc1cc(CN2CCC[C@H]2C(F)(F)F)cc(-c2ccccc2)c1)c1cnc(N2CCC(C(=O)O)CC2)cn1. The van der Waals surface area contributed by atoms with Crippen LogP contribution in [-0.2, 0) is 11.3 Å². The normalized spacial score (nSPS) is 18.6. The number of hydrogen-bond acceptors (Lipinski definition) is 6. The molecular formula is C29H30F3N5O3. The monoisotopic (exact) mass is 553 g/mol. The molecule has 5 rings (SSSR count). The molecule has 0 aliphatic carbocycles. The lowest BCUT2D eigenvalue weighted by molar-refractivity contribution is -0.177. The zero-order valence-electron chi connectivity index (χ0n) is 21.8. The summed E-state index contributed by atoms with van der Waals surface area (Å²) in [4.78, 5) is 36.3. The maximum absolute atomic E-state index is 13.6. The molecule has 0 unspecified atom stereocenters. The zero-order chi connectivity index (χ0) is 28.3. The topological polar surface area (TPSA) is 98.7 Å². The predicted molar refractivity (Wildman–Crippen MR) is 144 cm³/mol. The van der Waals surface area contributed by atoms with Crippen LogP contribution in [0.15, 0.2) is 60.9 Å². The van der Waals surface area contributed by atoms with Gasteiger partial charge in [-0.2, -0.15) is 13.2 Å². The number of piperidine rings is 1. The first kappa shape index (κ1) is 27.6. The van der Waals surface area contributed by atoms with Crippen LogP contribution in [0.3, 0.4) is 0 Å². The number of carbonyl (C=O) groups is 2. The Morgan fingerprint density at radius 3 is 2.35 bits per heavy atom. The number of rotatable bonds is 7. The third kappa shape index (κ3) is 6.41. The second-order valence-corrected chi connectivity index (χ2v) is 10.3. The molecule has 210 valence electrons. The van der Waals surface area contributed by atoms with Crippen molar-refractivity contribution in [1.82, 2.24) is 14.9 Å². The van der Waals surface area contributed by atoms with Gasteiger partial charge in [-0.1, -0.05) is 30.3 Å². The smallest absolute Gasteiger partial charge is 0.404 e. The maximum Gasteiger partial charge on any atom is 0.404 e. The number of aromatic nitrogens is 2. The molecule has 2 N–H and O–H groups in total. The Balaban J connectivity index is 1.33. The molecule has 0 radical (unpaired) electrons. The number of carbonyl (C=O) groups excluding carboxylic acids is 1. The van der Waals surface area contributed by atoms with Gasteiger partial charge < -0.3 is 15.3 Å². The molecule has 2 aliphatic heterocycles. The van der Waals surface area contributed by atoms with E-state index in [1.165, 1.54) is 17.3 Å². The number of nitrogens with one attached hydrogen (secondary N) is 1. The number of likely N-dealkylation sites (tertiary alicyclic amines) is 1. The number of alkyl halides is 3. The molecule has 3 aromatic rings. The number of hydrogen-bond donors (Lipinski definition) is 2. The van der Waals surface area contributed by atoms with Gasteiger partial charge in [-0.3, -0.25) is 14.5 Å². The fraction of sp³-hybridized carbons (Fsp3) is 0.379. The van der Waals surface area contributed by atoms with Gasteiger partial charge in [0, 0.05) is 25.3 Å². The molecular weight excluding hydrogens is 523 g/mol. The van der Waals surface area contributed by atoms with Gasteiger partial charge in [0.1, 0.15) is 17.6 Å². The summed E-state index contributed by atoms with van der Waals surface area (Å²) in [5, 5.41) is 12.0. The minimum atomic E-state index is -4.29. The Kier molecular flexibility index (Phi) is 8.02. The quantitative estimate of drug-likeness (QED) is 0.414. The Bertz CT molecular complexity index is 1340. The first-order valence-electron chi connectivity index (χ1n) is 13.3. The molecule has 0 saturated carbocycles. The van der Waals surface area contributed by atoms with E-state index in [0.717, 1.165) is 11.1 Å². The Morgan fingerprint density at radius 1 is 0.950 bits per heavy atom. The third-order valence-corrected chi connectivity index (χ3v) is 7.52. The summed E-state index contributed by atoms with van der Waals surface area (Å²) in [5.74, 6) is -1.08. The molecule has 1 aromatic heterocycles. The number of aliphatic carboxylic acids is 1. The molecule has 11 heteroatoms. The van der Waals surface area contributed by atoms with Crippen molar-refractivity contribution in [2.45, 2.75) is 44.4 Å². The molecule has 40 heavy (non-hydrogen) atoms. The van der Waals surface area contributed by atoms with E-state index in [1.54, 1.807) is 12.1 Å². The van der Waals surface area contributed by atoms with E-state index in [-0.39, 0.29) is 24.6 Å². The number of amides is 1. The summed E-state index contributed by atoms with van der Waals surface area (Å²) in [6.45, 7) is 1.55. The number of anilines is 2. The van der Waals surface area contributed by atoms with Crippen LogP contribution in [0.25, 0.3) is 11.1 Å². The molecule has 2 saturated heterocycles. The Hall–Kier alpha value is -3.99. The maximum atomic E-state index is 13.6. The van der Waals surface area contributed by atoms with E-state index in [2.05, 4.69) is 15.3 Å². The zero-order valence-corrected chi connectivity index (χ0v) is 21.8. The van der Waals surface area contributed by atoms with Gasteiger partial charge in [0.25, 0.3) is 5.91 Å². The standard InChI is InChI=1S/C29H30F3N5O3/c30-29(31,32)25-7-4-10-37(25)18-19-13-22(20-5-2-1-3-6-20)15-23(14-19)35-27(38)24-16-34-26(17-33-24)36-11-8-21(9-12-36)28(39)40/h1-3,5-6,13-17,21,25H,4,7-12,18H2,(H,35,38)(H,39,40)/t25-/m0/s1. The molecule has 8 nitrogen and oxygen atoms in total. The molecule has 2 aliphatic rings. The van der Waals surface area contributed by atoms with Crippen molar-refractivity contribution in [2.24, 2.45) is 5.92 Å². The fourth-order valence-electron chi connectivity index (χ4n) is 5.43. The summed E-state index contributed by atoms with van der Waals surface area (Å²) >= 11 is 0. The van der Waals surface area contributed by atoms with Gasteiger partial charge in [-0.15, -0.1) is 0 Å². The van der Waals surface area contributed by atoms with Crippen LogP contribution < -0.4 is 10.2 Å². The van der Waals surface area contributed by atoms with E-state index in [0.29, 0.717) is 56.0 Å². The third-order valence-electron chi connectivity index (χ3n) is 7.52. The van der Waals surface area contributed by atoms with Crippen molar-refractivity contribution in [1.29, 1.82) is 0 Å². The van der Waals surface area contributed by atoms with Crippen LogP contribution in [0.4, 0.5) is 24.7 Å². The van der Waals surface area contributed by atoms with Crippen molar-refractivity contribution in [3.63, 3.8) is 0 Å². The first-order chi connectivity index (χ1) is 19.2. The minimum absolute atomic E-state index is 0.0811. The van der Waals surface area contributed by atoms with Crippen LogP contribution in [0.2, 0.25) is 0 Å². The lowest BCUT2D eigenvalue weighted by atomic mass is 9.97. The summed E-state index contributed by atoms with van der Waals surface area (Å²) in [6.07, 6.45) is 0.166. The van der Waals surface area contributed by atoms with Crippen LogP contribution in [0.5, 0.6) is 0 Å². The number of carboxylic acids is 1. The molecule has 2 aromatic carbocycles. The molecule has 1 amide bonds. The van der Waals surface area contributed by atoms with Gasteiger partial charge in [0.05, 0.1) is 18.3 Å². The highest BCUT2D eigenvalue weighted by atomic mass is 19.4. The Labute approximate surface area is 229 Å². The predicted octanol–water partition coefficient (Wildman–Crippen LogP) is 5.22. The number of nitrogens with zero attached hydrogens (tertiary/aromatic N) is 4. The van der Waals surface area contributed by atoms with Crippen molar-refractivity contribution >= 4 is 23.4 Å². The van der Waals surface area contributed by atoms with E-state index < -0.39 is 24.1 Å². The van der Waals surface area contributed by atoms with Crippen molar-refractivity contribution < 1.29 is 27.9 Å². The fourth-order valence-corrected chi connectivity index (χ4v) is 5.43. The number of benzene rings is 2. The highest BCUT2D eigenvalue weighted by Gasteiger charge is 2.45. The first-order valence-corrected chi connectivity index (χ1v) is 13.3. The van der Waals surface area contributed by atoms with Gasteiger partial charge >= 0.3 is 12.1 Å². The number of halogens is 3. The molecule has 0 bridgehead atoms. The minimum Gasteiger partial charge on any atom is -0.481 e. The average molecular weight is 554 g/mol. The van der Waals surface area contributed by atoms with Gasteiger partial charge in [0.2, 0.25) is 0 Å². The van der Waals surface area contributed by atoms with E-state index in [1.807, 2.05) is 41.3 Å². The lowest BCUT2D eigenvalue weighted by Crippen LogP contribution is -2.40. The second kappa shape index (κ2) is 11.6. The van der Waals surface area contributed by atoms with E-state index >= 15 is 0 Å². The molecule has 0 spiro atoms. The van der Waals surface area contributed by atoms with Gasteiger partial charge in [0.15, 0.2) is 0 Å². The summed E-state index contributed by atoms with van der Waals surface area (Å²) in [5.41, 5.74) is 2.86. The van der Waals surface area contributed by atoms with Gasteiger partial charge in [-0.25, -0.2) is 9.97 Å². The van der Waals surface area contributed by atoms with Crippen LogP contribution in [0.1, 0.15) is 41.7 Å². The van der Waals surface area contributed by atoms with Crippen molar-refractivity contribution in [2.75, 3.05) is 29.9 Å². The van der Waals surface area contributed by atoms with Crippen LogP contribution in [0, 0.1) is 5.92 Å². The summed E-state index contributed by atoms with van der Waals surface area (Å²) < 4.78 is 40.7. The summed E-state index contributed by atoms with van der Waals surface area (Å²) in [7, 11) is 0. The lowest BCUT2D eigenvalue weighted by Gasteiger charge is -2.30. The van der Waals surface area contributed by atoms with Crippen LogP contribution in [-0.4, -0.2) is 63.7 Å². The number of carboxylic acid groups (broad SMARTS) is 1. The average Bonchev–Trinajstić information content (AvgIpc) is 3.42.